The van der Waals surface area contributed by atoms with Crippen molar-refractivity contribution in [3.8, 4) is 0 Å². The molecule has 1 rings (SSSR count). The van der Waals surface area contributed by atoms with Gasteiger partial charge in [0.05, 0.1) is 0 Å². The Hall–Kier alpha value is -0.0800. The van der Waals surface area contributed by atoms with E-state index in [4.69, 9.17) is 0 Å². The lowest BCUT2D eigenvalue weighted by Gasteiger charge is -2.34. The normalized spacial score (nSPS) is 20.1. The lowest BCUT2D eigenvalue weighted by molar-refractivity contribution is 0.191. The Labute approximate surface area is 89.1 Å². The highest BCUT2D eigenvalue weighted by molar-refractivity contribution is 4.88. The zero-order valence-electron chi connectivity index (χ0n) is 10.4. The highest BCUT2D eigenvalue weighted by Gasteiger charge is 2.31. The quantitative estimate of drug-likeness (QED) is 0.728. The van der Waals surface area contributed by atoms with Crippen molar-refractivity contribution < 1.29 is 0 Å². The van der Waals surface area contributed by atoms with Crippen LogP contribution in [0.1, 0.15) is 40.5 Å². The van der Waals surface area contributed by atoms with Gasteiger partial charge in [0.2, 0.25) is 0 Å². The topological polar surface area (TPSA) is 15.3 Å². The van der Waals surface area contributed by atoms with E-state index < -0.39 is 0 Å². The predicted octanol–water partition coefficient (Wildman–Crippen LogP) is 2.10. The maximum Gasteiger partial charge on any atom is 0.0243 e. The molecular weight excluding hydrogens is 172 g/mol. The lowest BCUT2D eigenvalue weighted by atomic mass is 9.86. The summed E-state index contributed by atoms with van der Waals surface area (Å²) in [5.74, 6) is 0. The minimum Gasteiger partial charge on any atom is -0.312 e. The predicted molar refractivity (Wildman–Crippen MR) is 62.6 cm³/mol. The summed E-state index contributed by atoms with van der Waals surface area (Å²) in [7, 11) is 2.26. The molecule has 1 fully saturated rings. The first-order chi connectivity index (χ1) is 6.45. The Morgan fingerprint density at radius 3 is 2.29 bits per heavy atom. The van der Waals surface area contributed by atoms with Crippen LogP contribution in [0.25, 0.3) is 0 Å². The van der Waals surface area contributed by atoms with Crippen LogP contribution in [0, 0.1) is 5.41 Å². The van der Waals surface area contributed by atoms with Gasteiger partial charge in [-0.1, -0.05) is 27.7 Å². The van der Waals surface area contributed by atoms with Crippen molar-refractivity contribution >= 4 is 0 Å². The van der Waals surface area contributed by atoms with Crippen LogP contribution in [0.15, 0.2) is 0 Å². The van der Waals surface area contributed by atoms with Gasteiger partial charge in [0.15, 0.2) is 0 Å². The average molecular weight is 198 g/mol. The van der Waals surface area contributed by atoms with Gasteiger partial charge in [-0.15, -0.1) is 0 Å². The van der Waals surface area contributed by atoms with E-state index in [-0.39, 0.29) is 0 Å². The first kappa shape index (κ1) is 12.0. The number of hydrogen-bond acceptors (Lipinski definition) is 2. The van der Waals surface area contributed by atoms with Crippen molar-refractivity contribution in [2.45, 2.75) is 52.6 Å². The summed E-state index contributed by atoms with van der Waals surface area (Å²) >= 11 is 0. The molecule has 1 aliphatic carbocycles. The largest absolute Gasteiger partial charge is 0.312 e. The lowest BCUT2D eigenvalue weighted by Crippen LogP contribution is -2.48. The maximum atomic E-state index is 3.59. The maximum absolute atomic E-state index is 3.59. The Morgan fingerprint density at radius 2 is 1.93 bits per heavy atom. The standard InChI is InChI=1S/C12H26N2/c1-6-13-11(12(2,3)4)9-14(5)10-7-8-10/h10-11,13H,6-9H2,1-5H3. The molecule has 2 nitrogen and oxygen atoms in total. The van der Waals surface area contributed by atoms with Crippen molar-refractivity contribution in [1.82, 2.24) is 10.2 Å². The summed E-state index contributed by atoms with van der Waals surface area (Å²) in [6.07, 6.45) is 2.80. The summed E-state index contributed by atoms with van der Waals surface area (Å²) < 4.78 is 0. The van der Waals surface area contributed by atoms with Gasteiger partial charge in [-0.05, 0) is 31.8 Å². The average Bonchev–Trinajstić information content (AvgIpc) is 2.83. The van der Waals surface area contributed by atoms with Crippen molar-refractivity contribution in [3.05, 3.63) is 0 Å². The second-order valence-electron chi connectivity index (χ2n) is 5.65. The van der Waals surface area contributed by atoms with Crippen LogP contribution in [-0.2, 0) is 0 Å². The SMILES string of the molecule is CCNC(CN(C)C1CC1)C(C)(C)C. The van der Waals surface area contributed by atoms with Crippen molar-refractivity contribution in [2.75, 3.05) is 20.1 Å². The molecule has 0 heterocycles. The van der Waals surface area contributed by atoms with Gasteiger partial charge in [-0.2, -0.15) is 0 Å². The third-order valence-corrected chi connectivity index (χ3v) is 3.14. The summed E-state index contributed by atoms with van der Waals surface area (Å²) in [5, 5.41) is 3.59. The Morgan fingerprint density at radius 1 is 1.36 bits per heavy atom. The van der Waals surface area contributed by atoms with Crippen LogP contribution in [0.3, 0.4) is 0 Å². The summed E-state index contributed by atoms with van der Waals surface area (Å²) in [6, 6.07) is 1.48. The van der Waals surface area contributed by atoms with Crippen molar-refractivity contribution in [2.24, 2.45) is 5.41 Å². The van der Waals surface area contributed by atoms with Gasteiger partial charge in [0.25, 0.3) is 0 Å². The first-order valence-corrected chi connectivity index (χ1v) is 5.88. The zero-order chi connectivity index (χ0) is 10.8. The van der Waals surface area contributed by atoms with E-state index in [0.717, 1.165) is 12.6 Å². The van der Waals surface area contributed by atoms with Crippen LogP contribution in [0.5, 0.6) is 0 Å². The van der Waals surface area contributed by atoms with Crippen LogP contribution < -0.4 is 5.32 Å². The molecule has 14 heavy (non-hydrogen) atoms. The van der Waals surface area contributed by atoms with Crippen LogP contribution in [-0.4, -0.2) is 37.1 Å². The second-order valence-corrected chi connectivity index (χ2v) is 5.65. The van der Waals surface area contributed by atoms with Gasteiger partial charge in [-0.25, -0.2) is 0 Å². The summed E-state index contributed by atoms with van der Waals surface area (Å²) in [5.41, 5.74) is 0.360. The van der Waals surface area contributed by atoms with Crippen LogP contribution in [0.2, 0.25) is 0 Å². The molecule has 0 bridgehead atoms. The Kier molecular flexibility index (Phi) is 3.96. The summed E-state index contributed by atoms with van der Waals surface area (Å²) in [4.78, 5) is 2.51. The fourth-order valence-corrected chi connectivity index (χ4v) is 1.84. The molecule has 0 aromatic carbocycles. The fraction of sp³-hybridized carbons (Fsp3) is 1.00. The monoisotopic (exact) mass is 198 g/mol. The molecule has 1 atom stereocenters. The highest BCUT2D eigenvalue weighted by atomic mass is 15.2. The molecule has 0 radical (unpaired) electrons. The third-order valence-electron chi connectivity index (χ3n) is 3.14. The van der Waals surface area contributed by atoms with Crippen molar-refractivity contribution in [3.63, 3.8) is 0 Å². The number of nitrogens with one attached hydrogen (secondary N) is 1. The molecule has 1 saturated carbocycles. The van der Waals surface area contributed by atoms with E-state index in [1.165, 1.54) is 19.4 Å². The van der Waals surface area contributed by atoms with E-state index in [9.17, 15) is 0 Å². The molecule has 84 valence electrons. The van der Waals surface area contributed by atoms with Gasteiger partial charge < -0.3 is 10.2 Å². The minimum atomic E-state index is 0.360. The van der Waals surface area contributed by atoms with E-state index in [2.05, 4.69) is 45.0 Å². The zero-order valence-corrected chi connectivity index (χ0v) is 10.4. The number of hydrogen-bond donors (Lipinski definition) is 1. The molecule has 0 spiro atoms. The number of likely N-dealkylation sites (N-methyl/N-ethyl adjacent to an activating group) is 2. The molecule has 0 aliphatic heterocycles. The second kappa shape index (κ2) is 4.63. The smallest absolute Gasteiger partial charge is 0.0243 e. The Bertz CT molecular complexity index is 168. The number of nitrogens with zero attached hydrogens (tertiary/aromatic N) is 1. The van der Waals surface area contributed by atoms with Crippen LogP contribution >= 0.6 is 0 Å². The highest BCUT2D eigenvalue weighted by Crippen LogP contribution is 2.27. The molecule has 0 aromatic rings. The van der Waals surface area contributed by atoms with E-state index in [1.54, 1.807) is 0 Å². The van der Waals surface area contributed by atoms with E-state index >= 15 is 0 Å². The Balaban J connectivity index is 2.41. The van der Waals surface area contributed by atoms with E-state index in [1.807, 2.05) is 0 Å². The molecule has 1 unspecified atom stereocenters. The van der Waals surface area contributed by atoms with Gasteiger partial charge in [0.1, 0.15) is 0 Å². The third kappa shape index (κ3) is 3.58. The minimum absolute atomic E-state index is 0.360. The molecule has 0 aromatic heterocycles. The van der Waals surface area contributed by atoms with Gasteiger partial charge in [0, 0.05) is 18.6 Å². The van der Waals surface area contributed by atoms with Crippen molar-refractivity contribution in [1.29, 1.82) is 0 Å². The van der Waals surface area contributed by atoms with E-state index in [0.29, 0.717) is 11.5 Å². The van der Waals surface area contributed by atoms with Gasteiger partial charge >= 0.3 is 0 Å². The number of rotatable bonds is 5. The molecular formula is C12H26N2. The first-order valence-electron chi connectivity index (χ1n) is 5.88. The fourth-order valence-electron chi connectivity index (χ4n) is 1.84. The molecule has 2 heteroatoms. The molecule has 1 aliphatic rings. The molecule has 0 amide bonds. The van der Waals surface area contributed by atoms with Gasteiger partial charge in [-0.3, -0.25) is 0 Å². The molecule has 0 saturated heterocycles. The van der Waals surface area contributed by atoms with Crippen LogP contribution in [0.4, 0.5) is 0 Å². The summed E-state index contributed by atoms with van der Waals surface area (Å²) in [6.45, 7) is 11.4. The molecule has 1 N–H and O–H groups in total.